The van der Waals surface area contributed by atoms with Crippen molar-refractivity contribution < 1.29 is 28.1 Å². The van der Waals surface area contributed by atoms with Crippen LogP contribution in [-0.4, -0.2) is 73.9 Å². The van der Waals surface area contributed by atoms with Crippen LogP contribution in [0.25, 0.3) is 0 Å². The number of nitriles is 1. The van der Waals surface area contributed by atoms with Crippen LogP contribution < -0.4 is 4.74 Å². The van der Waals surface area contributed by atoms with E-state index in [2.05, 4.69) is 81.8 Å². The molecule has 1 amide bonds. The second kappa shape index (κ2) is 19.5. The van der Waals surface area contributed by atoms with Crippen molar-refractivity contribution in [2.24, 2.45) is 0 Å². The van der Waals surface area contributed by atoms with Crippen LogP contribution >= 0.6 is 8.53 Å². The number of carbonyl (C=O) groups excluding carboxylic acids is 1. The van der Waals surface area contributed by atoms with E-state index in [0.717, 1.165) is 28.0 Å². The Labute approximate surface area is 288 Å². The number of aryl methyl sites for hydroxylation is 1. The van der Waals surface area contributed by atoms with Crippen molar-refractivity contribution in [1.82, 2.24) is 9.57 Å². The number of hydrogen-bond donors (Lipinski definition) is 0. The highest BCUT2D eigenvalue weighted by Crippen LogP contribution is 2.46. The van der Waals surface area contributed by atoms with Gasteiger partial charge in [-0.3, -0.25) is 0 Å². The molecule has 3 aromatic carbocycles. The molecule has 9 nitrogen and oxygen atoms in total. The molecule has 0 heterocycles. The predicted octanol–water partition coefficient (Wildman–Crippen LogP) is 8.45. The van der Waals surface area contributed by atoms with E-state index >= 15 is 0 Å². The number of amides is 1. The van der Waals surface area contributed by atoms with E-state index in [-0.39, 0.29) is 57.5 Å². The molecule has 48 heavy (non-hydrogen) atoms. The summed E-state index contributed by atoms with van der Waals surface area (Å²) >= 11 is 0. The van der Waals surface area contributed by atoms with Crippen molar-refractivity contribution in [3.05, 3.63) is 101 Å². The molecule has 0 aliphatic carbocycles. The zero-order valence-electron chi connectivity index (χ0n) is 29.7. The second-order valence-corrected chi connectivity index (χ2v) is 13.7. The molecule has 3 rings (SSSR count). The third kappa shape index (κ3) is 10.7. The van der Waals surface area contributed by atoms with Crippen molar-refractivity contribution >= 4 is 14.6 Å². The molecule has 0 aromatic heterocycles. The van der Waals surface area contributed by atoms with E-state index in [1.165, 1.54) is 0 Å². The molecule has 0 aliphatic rings. The number of ether oxygens (including phenoxy) is 3. The van der Waals surface area contributed by atoms with Gasteiger partial charge in [0.15, 0.2) is 0 Å². The summed E-state index contributed by atoms with van der Waals surface area (Å²) in [7, 11) is 0.200. The fraction of sp³-hybridized carbons (Fsp3) is 0.474. The van der Waals surface area contributed by atoms with Crippen LogP contribution in [0.4, 0.5) is 4.79 Å². The molecule has 2 atom stereocenters. The summed E-state index contributed by atoms with van der Waals surface area (Å²) in [5.41, 5.74) is 3.03. The monoisotopic (exact) mass is 677 g/mol. The van der Waals surface area contributed by atoms with Gasteiger partial charge in [0.05, 0.1) is 45.5 Å². The molecule has 2 unspecified atom stereocenters. The molecule has 3 aromatic rings. The lowest BCUT2D eigenvalue weighted by Crippen LogP contribution is -2.41. The van der Waals surface area contributed by atoms with E-state index < -0.39 is 20.2 Å². The first-order chi connectivity index (χ1) is 23.0. The van der Waals surface area contributed by atoms with Crippen LogP contribution in [0, 0.1) is 18.3 Å². The van der Waals surface area contributed by atoms with Gasteiger partial charge in [0.2, 0.25) is 0 Å². The molecule has 0 fully saturated rings. The Morgan fingerprint density at radius 1 is 0.792 bits per heavy atom. The van der Waals surface area contributed by atoms with E-state index in [1.807, 2.05) is 56.3 Å². The van der Waals surface area contributed by atoms with Crippen molar-refractivity contribution in [1.29, 1.82) is 5.26 Å². The highest BCUT2D eigenvalue weighted by atomic mass is 31.2. The van der Waals surface area contributed by atoms with Crippen LogP contribution in [0.2, 0.25) is 0 Å². The molecule has 0 spiro atoms. The minimum Gasteiger partial charge on any atom is -0.497 e. The van der Waals surface area contributed by atoms with Crippen LogP contribution in [0.5, 0.6) is 5.75 Å². The smallest absolute Gasteiger partial charge is 0.410 e. The summed E-state index contributed by atoms with van der Waals surface area (Å²) in [5, 5.41) is 9.06. The topological polar surface area (TPSA) is 93.5 Å². The Kier molecular flexibility index (Phi) is 15.8. The van der Waals surface area contributed by atoms with Crippen molar-refractivity contribution in [2.45, 2.75) is 78.7 Å². The Morgan fingerprint density at radius 3 is 1.88 bits per heavy atom. The maximum atomic E-state index is 13.4. The molecular weight excluding hydrogens is 625 g/mol. The van der Waals surface area contributed by atoms with E-state index in [0.29, 0.717) is 0 Å². The zero-order valence-corrected chi connectivity index (χ0v) is 30.6. The van der Waals surface area contributed by atoms with Gasteiger partial charge in [-0.15, -0.1) is 0 Å². The van der Waals surface area contributed by atoms with Gasteiger partial charge in [0.1, 0.15) is 11.4 Å². The van der Waals surface area contributed by atoms with Gasteiger partial charge < -0.3 is 28.2 Å². The molecular formula is C38H52N3O6P. The maximum absolute atomic E-state index is 13.4. The van der Waals surface area contributed by atoms with Gasteiger partial charge in [0, 0.05) is 25.2 Å². The lowest BCUT2D eigenvalue weighted by atomic mass is 9.79. The summed E-state index contributed by atoms with van der Waals surface area (Å²) in [6, 6.07) is 28.8. The normalized spacial score (nSPS) is 13.4. The average Bonchev–Trinajstić information content (AvgIpc) is 3.06. The van der Waals surface area contributed by atoms with Crippen LogP contribution in [0.3, 0.4) is 0 Å². The lowest BCUT2D eigenvalue weighted by molar-refractivity contribution is -0.00370. The quantitative estimate of drug-likeness (QED) is 0.0709. The number of methoxy groups -OCH3 is 1. The minimum atomic E-state index is -1.45. The predicted molar refractivity (Wildman–Crippen MR) is 191 cm³/mol. The van der Waals surface area contributed by atoms with E-state index in [9.17, 15) is 4.79 Å². The van der Waals surface area contributed by atoms with Crippen molar-refractivity contribution in [3.63, 3.8) is 0 Å². The fourth-order valence-electron chi connectivity index (χ4n) is 5.46. The van der Waals surface area contributed by atoms with Gasteiger partial charge in [0.25, 0.3) is 8.53 Å². The molecule has 260 valence electrons. The minimum absolute atomic E-state index is 0.166. The number of rotatable bonds is 19. The Morgan fingerprint density at radius 2 is 1.33 bits per heavy atom. The first kappa shape index (κ1) is 38.9. The van der Waals surface area contributed by atoms with Gasteiger partial charge in [-0.25, -0.2) is 9.46 Å². The van der Waals surface area contributed by atoms with Crippen molar-refractivity contribution in [2.75, 3.05) is 40.0 Å². The number of benzene rings is 3. The molecule has 0 saturated carbocycles. The Bertz CT molecular complexity index is 1410. The molecule has 0 saturated heterocycles. The second-order valence-electron chi connectivity index (χ2n) is 12.3. The molecule has 0 N–H and O–H groups in total. The highest BCUT2D eigenvalue weighted by molar-refractivity contribution is 7.44. The van der Waals surface area contributed by atoms with Crippen LogP contribution in [-0.2, 0) is 24.1 Å². The van der Waals surface area contributed by atoms with Gasteiger partial charge in [-0.2, -0.15) is 5.26 Å². The molecule has 0 radical (unpaired) electrons. The summed E-state index contributed by atoms with van der Waals surface area (Å²) in [6.07, 6.45) is -0.461. The molecule has 0 bridgehead atoms. The summed E-state index contributed by atoms with van der Waals surface area (Å²) in [5.74, 6) is 0.747. The van der Waals surface area contributed by atoms with Crippen molar-refractivity contribution in [3.8, 4) is 11.8 Å². The van der Waals surface area contributed by atoms with Gasteiger partial charge in [-0.05, 0) is 77.3 Å². The Hall–Kier alpha value is -3.51. The van der Waals surface area contributed by atoms with Crippen LogP contribution in [0.15, 0.2) is 78.9 Å². The lowest BCUT2D eigenvalue weighted by Gasteiger charge is -2.37. The zero-order chi connectivity index (χ0) is 35.1. The summed E-state index contributed by atoms with van der Waals surface area (Å²) in [4.78, 5) is 15.0. The summed E-state index contributed by atoms with van der Waals surface area (Å²) < 4.78 is 32.6. The Balaban J connectivity index is 1.91. The number of carbonyl (C=O) groups is 1. The fourth-order valence-corrected chi connectivity index (χ4v) is 7.04. The maximum Gasteiger partial charge on any atom is 0.410 e. The molecule has 0 aliphatic heterocycles. The standard InChI is InChI=1S/C38H52N3O6P/c1-29(2)41(30(3)4)48(45-26-12-23-39)46-28-25-40(37(42)47-31(5)6)24-27-44-38(33-13-10-9-11-14-33,34-17-15-32(7)16-18-34)35-19-21-36(43-8)22-20-35/h9-11,13-22,29-31H,12,24-28H2,1-8H3. The first-order valence-electron chi connectivity index (χ1n) is 16.6. The third-order valence-electron chi connectivity index (χ3n) is 7.63. The van der Waals surface area contributed by atoms with Gasteiger partial charge >= 0.3 is 6.09 Å². The van der Waals surface area contributed by atoms with E-state index in [1.54, 1.807) is 12.0 Å². The summed E-state index contributed by atoms with van der Waals surface area (Å²) in [6.45, 7) is 15.3. The highest BCUT2D eigenvalue weighted by Gasteiger charge is 2.38. The third-order valence-corrected chi connectivity index (χ3v) is 9.74. The van der Waals surface area contributed by atoms with Crippen LogP contribution in [0.1, 0.15) is 70.2 Å². The molecule has 10 heteroatoms. The van der Waals surface area contributed by atoms with E-state index in [4.69, 9.17) is 28.5 Å². The number of nitrogens with zero attached hydrogens (tertiary/aromatic N) is 3. The average molecular weight is 678 g/mol. The van der Waals surface area contributed by atoms with Gasteiger partial charge in [-0.1, -0.05) is 72.3 Å². The largest absolute Gasteiger partial charge is 0.497 e. The SMILES string of the molecule is COc1ccc(C(OCCN(CCOP(OCCC#N)N(C(C)C)C(C)C)C(=O)OC(C)C)(c2ccccc2)c2ccc(C)cc2)cc1. The number of hydrogen-bond acceptors (Lipinski definition) is 8. The first-order valence-corrected chi connectivity index (χ1v) is 17.7.